The molecule has 0 aromatic carbocycles. The SMILES string of the molecule is CCNC(=O)C1(NC(=O)CN(C)c2ccc(C#N)cn2)CCCCC1. The Balaban J connectivity index is 2.02. The smallest absolute Gasteiger partial charge is 0.245 e. The zero-order valence-corrected chi connectivity index (χ0v) is 14.8. The van der Waals surface area contributed by atoms with Crippen molar-refractivity contribution in [2.45, 2.75) is 44.6 Å². The lowest BCUT2D eigenvalue weighted by Gasteiger charge is -2.37. The second kappa shape index (κ2) is 8.47. The first kappa shape index (κ1) is 18.7. The summed E-state index contributed by atoms with van der Waals surface area (Å²) in [6.45, 7) is 2.52. The number of nitrogens with one attached hydrogen (secondary N) is 2. The second-order valence-electron chi connectivity index (χ2n) is 6.42. The highest BCUT2D eigenvalue weighted by Gasteiger charge is 2.40. The van der Waals surface area contributed by atoms with Crippen molar-refractivity contribution in [1.82, 2.24) is 15.6 Å². The van der Waals surface area contributed by atoms with Crippen LogP contribution in [0.1, 0.15) is 44.6 Å². The van der Waals surface area contributed by atoms with Gasteiger partial charge in [-0.2, -0.15) is 5.26 Å². The maximum atomic E-state index is 12.5. The van der Waals surface area contributed by atoms with E-state index in [1.165, 1.54) is 6.20 Å². The van der Waals surface area contributed by atoms with E-state index in [-0.39, 0.29) is 18.4 Å². The van der Waals surface area contributed by atoms with Gasteiger partial charge in [0.2, 0.25) is 11.8 Å². The summed E-state index contributed by atoms with van der Waals surface area (Å²) in [7, 11) is 1.76. The van der Waals surface area contributed by atoms with Crippen LogP contribution in [0, 0.1) is 11.3 Å². The predicted molar refractivity (Wildman–Crippen MR) is 94.9 cm³/mol. The molecule has 1 aromatic heterocycles. The van der Waals surface area contributed by atoms with Gasteiger partial charge in [0, 0.05) is 19.8 Å². The molecule has 7 heteroatoms. The molecule has 1 heterocycles. The molecule has 2 amide bonds. The topological polar surface area (TPSA) is 98.1 Å². The minimum Gasteiger partial charge on any atom is -0.354 e. The van der Waals surface area contributed by atoms with Crippen LogP contribution in [0.5, 0.6) is 0 Å². The largest absolute Gasteiger partial charge is 0.354 e. The van der Waals surface area contributed by atoms with Crippen molar-refractivity contribution >= 4 is 17.6 Å². The Kier molecular flexibility index (Phi) is 6.34. The van der Waals surface area contributed by atoms with Crippen molar-refractivity contribution in [3.05, 3.63) is 23.9 Å². The van der Waals surface area contributed by atoms with Gasteiger partial charge >= 0.3 is 0 Å². The highest BCUT2D eigenvalue weighted by molar-refractivity contribution is 5.92. The van der Waals surface area contributed by atoms with Gasteiger partial charge in [-0.15, -0.1) is 0 Å². The number of nitrogens with zero attached hydrogens (tertiary/aromatic N) is 3. The molecular formula is C18H25N5O2. The number of carbonyl (C=O) groups is 2. The highest BCUT2D eigenvalue weighted by atomic mass is 16.2. The molecule has 0 unspecified atom stereocenters. The van der Waals surface area contributed by atoms with Crippen molar-refractivity contribution in [3.8, 4) is 6.07 Å². The number of hydrogen-bond acceptors (Lipinski definition) is 5. The quantitative estimate of drug-likeness (QED) is 0.812. The molecule has 0 spiro atoms. The minimum absolute atomic E-state index is 0.0952. The fourth-order valence-corrected chi connectivity index (χ4v) is 3.17. The van der Waals surface area contributed by atoms with Gasteiger partial charge in [-0.05, 0) is 31.9 Å². The van der Waals surface area contributed by atoms with E-state index in [9.17, 15) is 9.59 Å². The summed E-state index contributed by atoms with van der Waals surface area (Å²) >= 11 is 0. The molecule has 25 heavy (non-hydrogen) atoms. The third kappa shape index (κ3) is 4.69. The number of nitriles is 1. The summed E-state index contributed by atoms with van der Waals surface area (Å²) in [5.41, 5.74) is -0.330. The van der Waals surface area contributed by atoms with Gasteiger partial charge in [0.05, 0.1) is 12.1 Å². The fraction of sp³-hybridized carbons (Fsp3) is 0.556. The highest BCUT2D eigenvalue weighted by Crippen LogP contribution is 2.28. The van der Waals surface area contributed by atoms with Crippen molar-refractivity contribution in [2.24, 2.45) is 0 Å². The second-order valence-corrected chi connectivity index (χ2v) is 6.42. The van der Waals surface area contributed by atoms with E-state index in [1.54, 1.807) is 24.1 Å². The van der Waals surface area contributed by atoms with Crippen molar-refractivity contribution in [1.29, 1.82) is 5.26 Å². The number of aromatic nitrogens is 1. The molecular weight excluding hydrogens is 318 g/mol. The number of hydrogen-bond donors (Lipinski definition) is 2. The molecule has 0 atom stereocenters. The van der Waals surface area contributed by atoms with E-state index in [0.29, 0.717) is 30.8 Å². The number of anilines is 1. The first-order valence-corrected chi connectivity index (χ1v) is 8.67. The Labute approximate surface area is 148 Å². The summed E-state index contributed by atoms with van der Waals surface area (Å²) in [5, 5.41) is 14.6. The summed E-state index contributed by atoms with van der Waals surface area (Å²) in [4.78, 5) is 30.9. The third-order valence-corrected chi connectivity index (χ3v) is 4.51. The monoisotopic (exact) mass is 343 g/mol. The molecule has 1 fully saturated rings. The lowest BCUT2D eigenvalue weighted by Crippen LogP contribution is -2.60. The zero-order valence-electron chi connectivity index (χ0n) is 14.8. The lowest BCUT2D eigenvalue weighted by molar-refractivity contribution is -0.134. The van der Waals surface area contributed by atoms with Crippen LogP contribution >= 0.6 is 0 Å². The minimum atomic E-state index is -0.801. The van der Waals surface area contributed by atoms with Gasteiger partial charge in [-0.1, -0.05) is 19.3 Å². The first-order valence-electron chi connectivity index (χ1n) is 8.67. The Morgan fingerprint density at radius 3 is 2.60 bits per heavy atom. The summed E-state index contributed by atoms with van der Waals surface area (Å²) in [6.07, 6.45) is 5.77. The summed E-state index contributed by atoms with van der Waals surface area (Å²) in [5.74, 6) is 0.300. The van der Waals surface area contributed by atoms with E-state index < -0.39 is 5.54 Å². The summed E-state index contributed by atoms with van der Waals surface area (Å²) < 4.78 is 0. The molecule has 134 valence electrons. The van der Waals surface area contributed by atoms with Gasteiger partial charge in [0.15, 0.2) is 0 Å². The van der Waals surface area contributed by atoms with Gasteiger partial charge in [0.1, 0.15) is 17.4 Å². The molecule has 1 saturated carbocycles. The molecule has 0 aliphatic heterocycles. The Bertz CT molecular complexity index is 644. The van der Waals surface area contributed by atoms with Crippen LogP contribution in [0.2, 0.25) is 0 Å². The van der Waals surface area contributed by atoms with Gasteiger partial charge in [0.25, 0.3) is 0 Å². The van der Waals surface area contributed by atoms with Crippen LogP contribution in [0.4, 0.5) is 5.82 Å². The number of rotatable bonds is 6. The van der Waals surface area contributed by atoms with Crippen LogP contribution in [0.25, 0.3) is 0 Å². The molecule has 1 aromatic rings. The molecule has 7 nitrogen and oxygen atoms in total. The Morgan fingerprint density at radius 1 is 1.32 bits per heavy atom. The molecule has 0 radical (unpaired) electrons. The van der Waals surface area contributed by atoms with Crippen molar-refractivity contribution in [2.75, 3.05) is 25.0 Å². The molecule has 0 bridgehead atoms. The number of amides is 2. The normalized spacial score (nSPS) is 15.7. The molecule has 1 aliphatic carbocycles. The predicted octanol–water partition coefficient (Wildman–Crippen LogP) is 1.34. The lowest BCUT2D eigenvalue weighted by atomic mass is 9.80. The molecule has 1 aliphatic rings. The first-order chi connectivity index (χ1) is 12.0. The average molecular weight is 343 g/mol. The maximum absolute atomic E-state index is 12.5. The standard InChI is InChI=1S/C18H25N5O2/c1-3-20-17(25)18(9-5-4-6-10-18)22-16(24)13-23(2)15-8-7-14(11-19)12-21-15/h7-8,12H,3-6,9-10,13H2,1-2H3,(H,20,25)(H,22,24). The van der Waals surface area contributed by atoms with E-state index in [2.05, 4.69) is 15.6 Å². The van der Waals surface area contributed by atoms with E-state index in [1.807, 2.05) is 13.0 Å². The van der Waals surface area contributed by atoms with Crippen LogP contribution in [-0.4, -0.2) is 42.5 Å². The van der Waals surface area contributed by atoms with Gasteiger partial charge in [-0.3, -0.25) is 9.59 Å². The molecule has 0 saturated heterocycles. The number of carbonyl (C=O) groups excluding carboxylic acids is 2. The van der Waals surface area contributed by atoms with Crippen LogP contribution in [0.3, 0.4) is 0 Å². The van der Waals surface area contributed by atoms with Crippen LogP contribution in [0.15, 0.2) is 18.3 Å². The third-order valence-electron chi connectivity index (χ3n) is 4.51. The zero-order chi connectivity index (χ0) is 18.3. The average Bonchev–Trinajstić information content (AvgIpc) is 2.62. The summed E-state index contributed by atoms with van der Waals surface area (Å²) in [6, 6.07) is 5.37. The molecule has 2 rings (SSSR count). The van der Waals surface area contributed by atoms with Crippen molar-refractivity contribution < 1.29 is 9.59 Å². The van der Waals surface area contributed by atoms with E-state index in [4.69, 9.17) is 5.26 Å². The van der Waals surface area contributed by atoms with Crippen LogP contribution in [-0.2, 0) is 9.59 Å². The molecule has 2 N–H and O–H groups in total. The van der Waals surface area contributed by atoms with E-state index in [0.717, 1.165) is 19.3 Å². The number of likely N-dealkylation sites (N-methyl/N-ethyl adjacent to an activating group) is 2. The van der Waals surface area contributed by atoms with E-state index >= 15 is 0 Å². The van der Waals surface area contributed by atoms with Crippen LogP contribution < -0.4 is 15.5 Å². The number of pyridine rings is 1. The Hall–Kier alpha value is -2.62. The Morgan fingerprint density at radius 2 is 2.04 bits per heavy atom. The van der Waals surface area contributed by atoms with Crippen molar-refractivity contribution in [3.63, 3.8) is 0 Å². The maximum Gasteiger partial charge on any atom is 0.245 e. The van der Waals surface area contributed by atoms with Gasteiger partial charge in [-0.25, -0.2) is 4.98 Å². The van der Waals surface area contributed by atoms with Gasteiger partial charge < -0.3 is 15.5 Å². The fourth-order valence-electron chi connectivity index (χ4n) is 3.17.